The van der Waals surface area contributed by atoms with E-state index in [1.807, 2.05) is 11.0 Å². The third kappa shape index (κ3) is 4.96. The molecule has 1 aromatic carbocycles. The van der Waals surface area contributed by atoms with E-state index in [4.69, 9.17) is 11.6 Å². The highest BCUT2D eigenvalue weighted by atomic mass is 35.5. The standard InChI is InChI=1S/C25H22ClF3N6O2/c1-16(36)23-20(26)15-35(31-23)24(37)33-10-8-32(9-11-33)14-18-6-5-17(12-19(18)25(27,28)29)21-13-30-22-4-2-3-7-34(21)22/h2-7,12-13,15H,8-11,14H2,1H3. The quantitative estimate of drug-likeness (QED) is 0.352. The van der Waals surface area contributed by atoms with Gasteiger partial charge in [-0.25, -0.2) is 9.78 Å². The van der Waals surface area contributed by atoms with Crippen LogP contribution in [0.3, 0.4) is 0 Å². The monoisotopic (exact) mass is 530 g/mol. The average molecular weight is 531 g/mol. The van der Waals surface area contributed by atoms with Crippen LogP contribution < -0.4 is 0 Å². The van der Waals surface area contributed by atoms with Crippen LogP contribution in [0.25, 0.3) is 16.9 Å². The zero-order valence-corrected chi connectivity index (χ0v) is 20.5. The summed E-state index contributed by atoms with van der Waals surface area (Å²) >= 11 is 5.98. The van der Waals surface area contributed by atoms with E-state index in [-0.39, 0.29) is 28.6 Å². The molecule has 0 radical (unpaired) electrons. The van der Waals surface area contributed by atoms with Crippen LogP contribution in [0, 0.1) is 0 Å². The molecule has 1 aliphatic rings. The summed E-state index contributed by atoms with van der Waals surface area (Å²) in [6.45, 7) is 2.76. The number of Topliss-reactive ketones (excluding diaryl/α,β-unsaturated/α-hetero) is 1. The van der Waals surface area contributed by atoms with Gasteiger partial charge < -0.3 is 4.90 Å². The number of rotatable bonds is 4. The Bertz CT molecular complexity index is 1490. The summed E-state index contributed by atoms with van der Waals surface area (Å²) in [5, 5.41) is 4.05. The van der Waals surface area contributed by atoms with E-state index in [0.29, 0.717) is 43.1 Å². The Morgan fingerprint density at radius 1 is 1.08 bits per heavy atom. The minimum atomic E-state index is -4.53. The first-order chi connectivity index (χ1) is 17.6. The van der Waals surface area contributed by atoms with E-state index in [0.717, 1.165) is 4.68 Å². The number of pyridine rings is 1. The molecule has 1 aliphatic heterocycles. The van der Waals surface area contributed by atoms with Gasteiger partial charge in [-0.3, -0.25) is 14.1 Å². The van der Waals surface area contributed by atoms with Gasteiger partial charge in [0.25, 0.3) is 0 Å². The maximum absolute atomic E-state index is 14.0. The van der Waals surface area contributed by atoms with Crippen molar-refractivity contribution in [3.63, 3.8) is 0 Å². The van der Waals surface area contributed by atoms with Crippen molar-refractivity contribution >= 4 is 29.1 Å². The molecule has 0 bridgehead atoms. The van der Waals surface area contributed by atoms with Crippen molar-refractivity contribution in [3.05, 3.63) is 76.8 Å². The number of piperazine rings is 1. The Balaban J connectivity index is 1.31. The second-order valence-corrected chi connectivity index (χ2v) is 9.22. The molecule has 1 fully saturated rings. The lowest BCUT2D eigenvalue weighted by molar-refractivity contribution is -0.138. The average Bonchev–Trinajstić information content (AvgIpc) is 3.47. The summed E-state index contributed by atoms with van der Waals surface area (Å²) in [5.74, 6) is -0.353. The molecule has 1 saturated heterocycles. The lowest BCUT2D eigenvalue weighted by Gasteiger charge is -2.34. The van der Waals surface area contributed by atoms with Gasteiger partial charge in [0.15, 0.2) is 5.78 Å². The van der Waals surface area contributed by atoms with Crippen LogP contribution in [0.2, 0.25) is 5.02 Å². The van der Waals surface area contributed by atoms with E-state index in [1.54, 1.807) is 35.0 Å². The van der Waals surface area contributed by atoms with Crippen molar-refractivity contribution in [2.45, 2.75) is 19.6 Å². The number of hydrogen-bond acceptors (Lipinski definition) is 5. The molecule has 0 N–H and O–H groups in total. The molecule has 0 saturated carbocycles. The second-order valence-electron chi connectivity index (χ2n) is 8.81. The summed E-state index contributed by atoms with van der Waals surface area (Å²) in [7, 11) is 0. The Labute approximate surface area is 214 Å². The summed E-state index contributed by atoms with van der Waals surface area (Å²) in [6, 6.07) is 9.31. The Morgan fingerprint density at radius 2 is 1.84 bits per heavy atom. The van der Waals surface area contributed by atoms with Crippen LogP contribution in [0.4, 0.5) is 18.0 Å². The van der Waals surface area contributed by atoms with Gasteiger partial charge in [0.05, 0.1) is 28.7 Å². The maximum Gasteiger partial charge on any atom is 0.416 e. The van der Waals surface area contributed by atoms with Gasteiger partial charge >= 0.3 is 12.2 Å². The highest BCUT2D eigenvalue weighted by Crippen LogP contribution is 2.36. The van der Waals surface area contributed by atoms with Crippen LogP contribution in [0.1, 0.15) is 28.5 Å². The van der Waals surface area contributed by atoms with Crippen LogP contribution in [-0.2, 0) is 12.7 Å². The Kier molecular flexibility index (Phi) is 6.50. The van der Waals surface area contributed by atoms with Gasteiger partial charge in [0.2, 0.25) is 0 Å². The fourth-order valence-electron chi connectivity index (χ4n) is 4.46. The topological polar surface area (TPSA) is 75.7 Å². The molecule has 1 amide bonds. The molecule has 0 atom stereocenters. The van der Waals surface area contributed by atoms with Gasteiger partial charge in [-0.1, -0.05) is 29.8 Å². The number of hydrogen-bond donors (Lipinski definition) is 0. The van der Waals surface area contributed by atoms with Gasteiger partial charge in [-0.05, 0) is 23.8 Å². The van der Waals surface area contributed by atoms with Gasteiger partial charge in [0, 0.05) is 51.4 Å². The number of aromatic nitrogens is 4. The number of carbonyl (C=O) groups is 2. The van der Waals surface area contributed by atoms with Crippen molar-refractivity contribution in [2.24, 2.45) is 0 Å². The molecule has 0 spiro atoms. The molecule has 4 heterocycles. The minimum absolute atomic E-state index is 0.0145. The van der Waals surface area contributed by atoms with Crippen LogP contribution in [0.15, 0.2) is 55.0 Å². The van der Waals surface area contributed by atoms with E-state index >= 15 is 0 Å². The largest absolute Gasteiger partial charge is 0.416 e. The molecule has 4 aromatic rings. The second kappa shape index (κ2) is 9.64. The normalized spacial score (nSPS) is 14.9. The van der Waals surface area contributed by atoms with Gasteiger partial charge in [-0.15, -0.1) is 0 Å². The predicted molar refractivity (Wildman–Crippen MR) is 131 cm³/mol. The fraction of sp³-hybridized carbons (Fsp3) is 0.280. The first-order valence-corrected chi connectivity index (χ1v) is 11.9. The minimum Gasteiger partial charge on any atom is -0.320 e. The van der Waals surface area contributed by atoms with Crippen LogP contribution >= 0.6 is 11.6 Å². The smallest absolute Gasteiger partial charge is 0.320 e. The maximum atomic E-state index is 14.0. The molecule has 0 unspecified atom stereocenters. The number of nitrogens with zero attached hydrogens (tertiary/aromatic N) is 6. The number of ketones is 1. The van der Waals surface area contributed by atoms with E-state index < -0.39 is 17.8 Å². The van der Waals surface area contributed by atoms with Crippen molar-refractivity contribution in [1.29, 1.82) is 0 Å². The Hall–Kier alpha value is -3.70. The van der Waals surface area contributed by atoms with Gasteiger partial charge in [0.1, 0.15) is 11.3 Å². The molecule has 8 nitrogen and oxygen atoms in total. The molecular formula is C25H22ClF3N6O2. The third-order valence-electron chi connectivity index (χ3n) is 6.36. The number of fused-ring (bicyclic) bond motifs is 1. The number of benzene rings is 1. The third-order valence-corrected chi connectivity index (χ3v) is 6.64. The zero-order valence-electron chi connectivity index (χ0n) is 19.7. The molecule has 37 heavy (non-hydrogen) atoms. The van der Waals surface area contributed by atoms with Crippen molar-refractivity contribution in [2.75, 3.05) is 26.2 Å². The summed E-state index contributed by atoms with van der Waals surface area (Å²) in [4.78, 5) is 32.0. The lowest BCUT2D eigenvalue weighted by atomic mass is 10.0. The number of amides is 1. The molecule has 3 aromatic heterocycles. The molecule has 192 valence electrons. The fourth-order valence-corrected chi connectivity index (χ4v) is 4.72. The SMILES string of the molecule is CC(=O)c1nn(C(=O)N2CCN(Cc3ccc(-c4cnc5ccccn45)cc3C(F)(F)F)CC2)cc1Cl. The van der Waals surface area contributed by atoms with Gasteiger partial charge in [-0.2, -0.15) is 23.0 Å². The van der Waals surface area contributed by atoms with Crippen LogP contribution in [-0.4, -0.2) is 67.0 Å². The molecule has 0 aliphatic carbocycles. The molecular weight excluding hydrogens is 509 g/mol. The summed E-state index contributed by atoms with van der Waals surface area (Å²) < 4.78 is 44.9. The lowest BCUT2D eigenvalue weighted by Crippen LogP contribution is -2.49. The van der Waals surface area contributed by atoms with E-state index in [2.05, 4.69) is 10.1 Å². The number of carbonyl (C=O) groups excluding carboxylic acids is 2. The highest BCUT2D eigenvalue weighted by Gasteiger charge is 2.35. The number of alkyl halides is 3. The predicted octanol–water partition coefficient (Wildman–Crippen LogP) is 4.86. The van der Waals surface area contributed by atoms with E-state index in [1.165, 1.54) is 30.2 Å². The van der Waals surface area contributed by atoms with Crippen molar-refractivity contribution in [3.8, 4) is 11.3 Å². The molecule has 5 rings (SSSR count). The zero-order chi connectivity index (χ0) is 26.3. The van der Waals surface area contributed by atoms with Crippen molar-refractivity contribution in [1.82, 2.24) is 29.0 Å². The molecule has 12 heteroatoms. The van der Waals surface area contributed by atoms with E-state index in [9.17, 15) is 22.8 Å². The first-order valence-electron chi connectivity index (χ1n) is 11.5. The van der Waals surface area contributed by atoms with Crippen molar-refractivity contribution < 1.29 is 22.8 Å². The summed E-state index contributed by atoms with van der Waals surface area (Å²) in [6.07, 6.45) is 0.0793. The Morgan fingerprint density at radius 3 is 2.51 bits per heavy atom. The number of halogens is 4. The highest BCUT2D eigenvalue weighted by molar-refractivity contribution is 6.33. The first kappa shape index (κ1) is 25.0. The van der Waals surface area contributed by atoms with Crippen LogP contribution in [0.5, 0.6) is 0 Å². The summed E-state index contributed by atoms with van der Waals surface area (Å²) in [5.41, 5.74) is 1.13. The number of imidazole rings is 1.